The zero-order valence-corrected chi connectivity index (χ0v) is 16.6. The van der Waals surface area contributed by atoms with Crippen LogP contribution in [0.25, 0.3) is 0 Å². The van der Waals surface area contributed by atoms with Crippen molar-refractivity contribution in [1.82, 2.24) is 10.2 Å². The number of aryl methyl sites for hydroxylation is 1. The van der Waals surface area contributed by atoms with Gasteiger partial charge in [-0.3, -0.25) is 4.79 Å². The van der Waals surface area contributed by atoms with E-state index in [9.17, 15) is 4.79 Å². The fraction of sp³-hybridized carbons (Fsp3) is 0.421. The van der Waals surface area contributed by atoms with Crippen LogP contribution in [0.3, 0.4) is 0 Å². The molecule has 4 nitrogen and oxygen atoms in total. The maximum absolute atomic E-state index is 12.7. The van der Waals surface area contributed by atoms with E-state index < -0.39 is 0 Å². The minimum Gasteiger partial charge on any atom is -0.369 e. The maximum Gasteiger partial charge on any atom is 0.252 e. The molecule has 1 aliphatic heterocycles. The molecule has 1 N–H and O–H groups in total. The third kappa shape index (κ3) is 4.75. The lowest BCUT2D eigenvalue weighted by Crippen LogP contribution is -2.44. The first kappa shape index (κ1) is 19.8. The largest absolute Gasteiger partial charge is 0.369 e. The lowest BCUT2D eigenvalue weighted by Gasteiger charge is -2.34. The highest BCUT2D eigenvalue weighted by Gasteiger charge is 2.18. The van der Waals surface area contributed by atoms with Crippen molar-refractivity contribution in [2.45, 2.75) is 19.9 Å². The van der Waals surface area contributed by atoms with Crippen molar-refractivity contribution >= 4 is 35.3 Å². The van der Waals surface area contributed by atoms with Crippen molar-refractivity contribution in [3.63, 3.8) is 0 Å². The Bertz CT molecular complexity index is 697. The van der Waals surface area contributed by atoms with Gasteiger partial charge in [-0.2, -0.15) is 0 Å². The van der Waals surface area contributed by atoms with E-state index in [1.165, 1.54) is 4.88 Å². The molecule has 3 rings (SSSR count). The number of carbonyl (C=O) groups is 1. The second kappa shape index (κ2) is 8.70. The molecule has 0 bridgehead atoms. The number of carbonyl (C=O) groups excluding carboxylic acids is 1. The lowest BCUT2D eigenvalue weighted by atomic mass is 10.1. The molecule has 25 heavy (non-hydrogen) atoms. The van der Waals surface area contributed by atoms with Gasteiger partial charge >= 0.3 is 0 Å². The van der Waals surface area contributed by atoms with E-state index >= 15 is 0 Å². The SMILES string of the molecule is Cc1ccc(N2CCN(C)CC2)cc1C(=O)N[C@H](C)c1cccs1.Cl. The standard InChI is InChI=1S/C19H25N3OS.ClH/c1-14-6-7-16(22-10-8-21(3)9-11-22)13-17(14)19(23)20-15(2)18-5-4-12-24-18;/h4-7,12-13,15H,8-11H2,1-3H3,(H,20,23);1H/t15-;/m1./s1. The van der Waals surface area contributed by atoms with Crippen LogP contribution in [0.5, 0.6) is 0 Å². The summed E-state index contributed by atoms with van der Waals surface area (Å²) in [4.78, 5) is 18.6. The van der Waals surface area contributed by atoms with E-state index in [-0.39, 0.29) is 24.4 Å². The Morgan fingerprint density at radius 3 is 2.56 bits per heavy atom. The van der Waals surface area contributed by atoms with Gasteiger partial charge in [0.1, 0.15) is 0 Å². The molecule has 2 aromatic rings. The summed E-state index contributed by atoms with van der Waals surface area (Å²) in [6.45, 7) is 8.16. The average Bonchev–Trinajstić information content (AvgIpc) is 3.10. The molecule has 0 spiro atoms. The number of hydrogen-bond donors (Lipinski definition) is 1. The number of rotatable bonds is 4. The maximum atomic E-state index is 12.7. The molecule has 136 valence electrons. The first-order chi connectivity index (χ1) is 11.5. The van der Waals surface area contributed by atoms with E-state index in [2.05, 4.69) is 40.4 Å². The van der Waals surface area contributed by atoms with Crippen LogP contribution in [0.2, 0.25) is 0 Å². The van der Waals surface area contributed by atoms with Gasteiger partial charge in [0.15, 0.2) is 0 Å². The number of benzene rings is 1. The average molecular weight is 380 g/mol. The Hall–Kier alpha value is -1.56. The second-order valence-corrected chi connectivity index (χ2v) is 7.48. The first-order valence-corrected chi connectivity index (χ1v) is 9.31. The Morgan fingerprint density at radius 2 is 1.92 bits per heavy atom. The van der Waals surface area contributed by atoms with Gasteiger partial charge in [0, 0.05) is 42.3 Å². The summed E-state index contributed by atoms with van der Waals surface area (Å²) < 4.78 is 0. The van der Waals surface area contributed by atoms with E-state index in [4.69, 9.17) is 0 Å². The molecule has 0 radical (unpaired) electrons. The molecule has 1 saturated heterocycles. The highest BCUT2D eigenvalue weighted by Crippen LogP contribution is 2.23. The van der Waals surface area contributed by atoms with Gasteiger partial charge < -0.3 is 15.1 Å². The van der Waals surface area contributed by atoms with Crippen LogP contribution in [-0.4, -0.2) is 44.0 Å². The minimum atomic E-state index is 0. The number of anilines is 1. The van der Waals surface area contributed by atoms with Crippen LogP contribution in [0.1, 0.15) is 33.8 Å². The van der Waals surface area contributed by atoms with E-state index in [1.54, 1.807) is 11.3 Å². The monoisotopic (exact) mass is 379 g/mol. The molecule has 1 aliphatic rings. The van der Waals surface area contributed by atoms with Crippen LogP contribution in [0.15, 0.2) is 35.7 Å². The van der Waals surface area contributed by atoms with Crippen LogP contribution < -0.4 is 10.2 Å². The van der Waals surface area contributed by atoms with Crippen LogP contribution in [-0.2, 0) is 0 Å². The molecule has 0 unspecified atom stereocenters. The minimum absolute atomic E-state index is 0. The van der Waals surface area contributed by atoms with Crippen molar-refractivity contribution in [3.8, 4) is 0 Å². The van der Waals surface area contributed by atoms with Gasteiger partial charge in [-0.15, -0.1) is 23.7 Å². The smallest absolute Gasteiger partial charge is 0.252 e. The number of amides is 1. The zero-order valence-electron chi connectivity index (χ0n) is 15.0. The van der Waals surface area contributed by atoms with Gasteiger partial charge in [-0.1, -0.05) is 12.1 Å². The van der Waals surface area contributed by atoms with Gasteiger partial charge in [-0.05, 0) is 50.0 Å². The summed E-state index contributed by atoms with van der Waals surface area (Å²) >= 11 is 1.67. The van der Waals surface area contributed by atoms with Gasteiger partial charge in [-0.25, -0.2) is 0 Å². The molecule has 1 amide bonds. The van der Waals surface area contributed by atoms with Crippen LogP contribution in [0.4, 0.5) is 5.69 Å². The van der Waals surface area contributed by atoms with Crippen molar-refractivity contribution in [2.24, 2.45) is 0 Å². The van der Waals surface area contributed by atoms with Gasteiger partial charge in [0.2, 0.25) is 0 Å². The Labute approximate surface area is 160 Å². The Morgan fingerprint density at radius 1 is 1.20 bits per heavy atom. The molecule has 1 aromatic heterocycles. The quantitative estimate of drug-likeness (QED) is 0.879. The van der Waals surface area contributed by atoms with E-state index in [1.807, 2.05) is 31.4 Å². The Balaban J connectivity index is 0.00000225. The van der Waals surface area contributed by atoms with Gasteiger partial charge in [0.25, 0.3) is 5.91 Å². The van der Waals surface area contributed by atoms with E-state index in [0.29, 0.717) is 0 Å². The highest BCUT2D eigenvalue weighted by atomic mass is 35.5. The number of nitrogens with zero attached hydrogens (tertiary/aromatic N) is 2. The molecule has 1 atom stereocenters. The Kier molecular flexibility index (Phi) is 6.87. The molecule has 0 aliphatic carbocycles. The third-order valence-corrected chi connectivity index (χ3v) is 5.71. The lowest BCUT2D eigenvalue weighted by molar-refractivity contribution is 0.0940. The first-order valence-electron chi connectivity index (χ1n) is 8.43. The van der Waals surface area contributed by atoms with E-state index in [0.717, 1.165) is 43.0 Å². The molecule has 2 heterocycles. The summed E-state index contributed by atoms with van der Waals surface area (Å²) in [7, 11) is 2.15. The van der Waals surface area contributed by atoms with Gasteiger partial charge in [0.05, 0.1) is 6.04 Å². The number of likely N-dealkylation sites (N-methyl/N-ethyl adjacent to an activating group) is 1. The highest BCUT2D eigenvalue weighted by molar-refractivity contribution is 7.10. The van der Waals surface area contributed by atoms with Crippen LogP contribution in [0, 0.1) is 6.92 Å². The summed E-state index contributed by atoms with van der Waals surface area (Å²) in [5.41, 5.74) is 2.93. The predicted octanol–water partition coefficient (Wildman–Crippen LogP) is 3.72. The van der Waals surface area contributed by atoms with Crippen molar-refractivity contribution < 1.29 is 4.79 Å². The fourth-order valence-corrected chi connectivity index (χ4v) is 3.73. The molecule has 0 saturated carbocycles. The summed E-state index contributed by atoms with van der Waals surface area (Å²) in [6.07, 6.45) is 0. The number of halogens is 1. The zero-order chi connectivity index (χ0) is 17.1. The van der Waals surface area contributed by atoms with Crippen molar-refractivity contribution in [1.29, 1.82) is 0 Å². The topological polar surface area (TPSA) is 35.6 Å². The fourth-order valence-electron chi connectivity index (χ4n) is 3.00. The summed E-state index contributed by atoms with van der Waals surface area (Å²) in [6, 6.07) is 10.3. The van der Waals surface area contributed by atoms with Crippen LogP contribution >= 0.6 is 23.7 Å². The second-order valence-electron chi connectivity index (χ2n) is 6.50. The predicted molar refractivity (Wildman–Crippen MR) is 108 cm³/mol. The molecular weight excluding hydrogens is 354 g/mol. The molecule has 1 fully saturated rings. The normalized spacial score (nSPS) is 16.2. The van der Waals surface area contributed by atoms with Crippen molar-refractivity contribution in [2.75, 3.05) is 38.1 Å². The molecular formula is C19H26ClN3OS. The third-order valence-electron chi connectivity index (χ3n) is 4.65. The van der Waals surface area contributed by atoms with Crippen molar-refractivity contribution in [3.05, 3.63) is 51.7 Å². The molecule has 1 aromatic carbocycles. The number of piperazine rings is 1. The summed E-state index contributed by atoms with van der Waals surface area (Å²) in [5.74, 6) is 0.00405. The number of nitrogens with one attached hydrogen (secondary N) is 1. The number of thiophene rings is 1. The molecule has 6 heteroatoms. The summed E-state index contributed by atoms with van der Waals surface area (Å²) in [5, 5.41) is 5.16. The number of hydrogen-bond acceptors (Lipinski definition) is 4.